The standard InChI is InChI=1S/C16H17FN2O2/c1-19-13-4-11(5-14(19)9-21-8-13)16(20)15-6-12(17)3-2-10(15)7-18/h2-3,6,11,13-14H,4-5,8-9H2,1H3. The summed E-state index contributed by atoms with van der Waals surface area (Å²) < 4.78 is 19.0. The fourth-order valence-corrected chi connectivity index (χ4v) is 3.35. The highest BCUT2D eigenvalue weighted by atomic mass is 19.1. The van der Waals surface area contributed by atoms with Gasteiger partial charge < -0.3 is 4.74 Å². The molecule has 0 aliphatic carbocycles. The molecule has 2 heterocycles. The number of fused-ring (bicyclic) bond motifs is 2. The number of hydrogen-bond acceptors (Lipinski definition) is 4. The van der Waals surface area contributed by atoms with Gasteiger partial charge in [0.25, 0.3) is 0 Å². The molecule has 2 saturated heterocycles. The van der Waals surface area contributed by atoms with Crippen molar-refractivity contribution in [2.45, 2.75) is 24.9 Å². The van der Waals surface area contributed by atoms with Crippen molar-refractivity contribution in [2.75, 3.05) is 20.3 Å². The first-order valence-corrected chi connectivity index (χ1v) is 7.13. The first kappa shape index (κ1) is 14.2. The number of halogens is 1. The summed E-state index contributed by atoms with van der Waals surface area (Å²) >= 11 is 0. The monoisotopic (exact) mass is 288 g/mol. The summed E-state index contributed by atoms with van der Waals surface area (Å²) in [5.74, 6) is -0.751. The molecule has 3 rings (SSSR count). The summed E-state index contributed by atoms with van der Waals surface area (Å²) in [7, 11) is 2.06. The van der Waals surface area contributed by atoms with E-state index in [4.69, 9.17) is 10.00 Å². The number of morpholine rings is 1. The zero-order valence-corrected chi connectivity index (χ0v) is 11.9. The molecule has 0 radical (unpaired) electrons. The smallest absolute Gasteiger partial charge is 0.167 e. The van der Waals surface area contributed by atoms with Gasteiger partial charge in [0, 0.05) is 23.6 Å². The van der Waals surface area contributed by atoms with Crippen LogP contribution in [-0.2, 0) is 4.74 Å². The molecule has 110 valence electrons. The number of ketones is 1. The molecule has 0 N–H and O–H groups in total. The zero-order chi connectivity index (χ0) is 15.0. The van der Waals surface area contributed by atoms with Crippen LogP contribution in [0.1, 0.15) is 28.8 Å². The van der Waals surface area contributed by atoms with Gasteiger partial charge in [-0.1, -0.05) is 0 Å². The Morgan fingerprint density at radius 2 is 2.05 bits per heavy atom. The number of piperidine rings is 1. The van der Waals surface area contributed by atoms with E-state index in [9.17, 15) is 9.18 Å². The molecule has 21 heavy (non-hydrogen) atoms. The van der Waals surface area contributed by atoms with Crippen molar-refractivity contribution in [2.24, 2.45) is 5.92 Å². The first-order chi connectivity index (χ1) is 10.1. The lowest BCUT2D eigenvalue weighted by Crippen LogP contribution is -2.55. The highest BCUT2D eigenvalue weighted by Crippen LogP contribution is 2.33. The Morgan fingerprint density at radius 3 is 2.67 bits per heavy atom. The van der Waals surface area contributed by atoms with Crippen molar-refractivity contribution in [1.82, 2.24) is 4.90 Å². The summed E-state index contributed by atoms with van der Waals surface area (Å²) in [6.45, 7) is 1.26. The largest absolute Gasteiger partial charge is 0.378 e. The quantitative estimate of drug-likeness (QED) is 0.781. The van der Waals surface area contributed by atoms with Gasteiger partial charge in [0.1, 0.15) is 5.82 Å². The van der Waals surface area contributed by atoms with Gasteiger partial charge in [-0.3, -0.25) is 9.69 Å². The molecule has 4 nitrogen and oxygen atoms in total. The summed E-state index contributed by atoms with van der Waals surface area (Å²) in [5, 5.41) is 9.11. The van der Waals surface area contributed by atoms with E-state index >= 15 is 0 Å². The molecule has 2 fully saturated rings. The van der Waals surface area contributed by atoms with Gasteiger partial charge in [0.05, 0.1) is 24.8 Å². The molecule has 0 spiro atoms. The Kier molecular flexibility index (Phi) is 3.75. The molecule has 0 amide bonds. The molecule has 5 heteroatoms. The Hall–Kier alpha value is -1.77. The van der Waals surface area contributed by atoms with Crippen LogP contribution >= 0.6 is 0 Å². The number of nitriles is 1. The Morgan fingerprint density at radius 1 is 1.38 bits per heavy atom. The van der Waals surface area contributed by atoms with E-state index in [0.717, 1.165) is 0 Å². The van der Waals surface area contributed by atoms with Crippen molar-refractivity contribution >= 4 is 5.78 Å². The van der Waals surface area contributed by atoms with Crippen molar-refractivity contribution in [1.29, 1.82) is 5.26 Å². The molecular weight excluding hydrogens is 271 g/mol. The SMILES string of the molecule is CN1C2COCC1CC(C(=O)c1cc(F)ccc1C#N)C2. The minimum atomic E-state index is -0.478. The molecule has 2 atom stereocenters. The number of benzene rings is 1. The lowest BCUT2D eigenvalue weighted by atomic mass is 9.80. The van der Waals surface area contributed by atoms with Crippen LogP contribution in [0.2, 0.25) is 0 Å². The van der Waals surface area contributed by atoms with E-state index < -0.39 is 5.82 Å². The molecule has 2 unspecified atom stereocenters. The summed E-state index contributed by atoms with van der Waals surface area (Å²) in [4.78, 5) is 15.0. The molecule has 2 aliphatic rings. The van der Waals surface area contributed by atoms with Gasteiger partial charge in [-0.15, -0.1) is 0 Å². The number of Topliss-reactive ketones (excluding diaryl/α,β-unsaturated/α-hetero) is 1. The van der Waals surface area contributed by atoms with Gasteiger partial charge in [-0.05, 0) is 38.1 Å². The minimum absolute atomic E-state index is 0.115. The van der Waals surface area contributed by atoms with Crippen LogP contribution in [-0.4, -0.2) is 43.0 Å². The third kappa shape index (κ3) is 2.57. The average molecular weight is 288 g/mol. The number of nitrogens with zero attached hydrogens (tertiary/aromatic N) is 2. The van der Waals surface area contributed by atoms with E-state index in [1.165, 1.54) is 18.2 Å². The minimum Gasteiger partial charge on any atom is -0.378 e. The van der Waals surface area contributed by atoms with Crippen molar-refractivity contribution in [3.8, 4) is 6.07 Å². The molecule has 1 aromatic carbocycles. The highest BCUT2D eigenvalue weighted by molar-refractivity contribution is 6.00. The summed E-state index contributed by atoms with van der Waals surface area (Å²) in [6, 6.07) is 6.21. The van der Waals surface area contributed by atoms with Gasteiger partial charge in [-0.2, -0.15) is 5.26 Å². The molecule has 1 aromatic rings. The molecular formula is C16H17FN2O2. The molecule has 2 bridgehead atoms. The second-order valence-corrected chi connectivity index (χ2v) is 5.84. The number of carbonyl (C=O) groups is 1. The van der Waals surface area contributed by atoms with E-state index in [1.807, 2.05) is 6.07 Å². The van der Waals surface area contributed by atoms with Gasteiger partial charge in [0.15, 0.2) is 5.78 Å². The van der Waals surface area contributed by atoms with Gasteiger partial charge in [0.2, 0.25) is 0 Å². The number of rotatable bonds is 2. The fourth-order valence-electron chi connectivity index (χ4n) is 3.35. The van der Waals surface area contributed by atoms with E-state index in [-0.39, 0.29) is 34.9 Å². The molecule has 0 saturated carbocycles. The van der Waals surface area contributed by atoms with Crippen LogP contribution in [0, 0.1) is 23.1 Å². The summed E-state index contributed by atoms with van der Waals surface area (Å²) in [5.41, 5.74) is 0.466. The Labute approximate surface area is 123 Å². The van der Waals surface area contributed by atoms with Crippen molar-refractivity contribution < 1.29 is 13.9 Å². The maximum atomic E-state index is 13.4. The van der Waals surface area contributed by atoms with Crippen LogP contribution in [0.4, 0.5) is 4.39 Å². The number of carbonyl (C=O) groups excluding carboxylic acids is 1. The van der Waals surface area contributed by atoms with E-state index in [1.54, 1.807) is 0 Å². The number of hydrogen-bond donors (Lipinski definition) is 0. The zero-order valence-electron chi connectivity index (χ0n) is 11.9. The average Bonchev–Trinajstić information content (AvgIpc) is 2.46. The van der Waals surface area contributed by atoms with Crippen LogP contribution < -0.4 is 0 Å². The molecule has 2 aliphatic heterocycles. The van der Waals surface area contributed by atoms with Crippen molar-refractivity contribution in [3.63, 3.8) is 0 Å². The lowest BCUT2D eigenvalue weighted by Gasteiger charge is -2.46. The van der Waals surface area contributed by atoms with E-state index in [2.05, 4.69) is 11.9 Å². The Bertz CT molecular complexity index is 597. The second kappa shape index (κ2) is 5.55. The predicted molar refractivity (Wildman–Crippen MR) is 74.3 cm³/mol. The third-order valence-corrected chi connectivity index (χ3v) is 4.62. The van der Waals surface area contributed by atoms with Gasteiger partial charge in [-0.25, -0.2) is 4.39 Å². The number of likely N-dealkylation sites (N-methyl/N-ethyl adjacent to an activating group) is 1. The normalized spacial score (nSPS) is 28.9. The topological polar surface area (TPSA) is 53.3 Å². The molecule has 0 aromatic heterocycles. The number of ether oxygens (including phenoxy) is 1. The summed E-state index contributed by atoms with van der Waals surface area (Å²) in [6.07, 6.45) is 1.40. The van der Waals surface area contributed by atoms with Crippen LogP contribution in [0.3, 0.4) is 0 Å². The predicted octanol–water partition coefficient (Wildman–Crippen LogP) is 1.99. The maximum absolute atomic E-state index is 13.4. The van der Waals surface area contributed by atoms with Crippen LogP contribution in [0.25, 0.3) is 0 Å². The maximum Gasteiger partial charge on any atom is 0.167 e. The van der Waals surface area contributed by atoms with E-state index in [0.29, 0.717) is 26.1 Å². The first-order valence-electron chi connectivity index (χ1n) is 7.13. The fraction of sp³-hybridized carbons (Fsp3) is 0.500. The van der Waals surface area contributed by atoms with Crippen molar-refractivity contribution in [3.05, 3.63) is 35.1 Å². The van der Waals surface area contributed by atoms with Crippen LogP contribution in [0.15, 0.2) is 18.2 Å². The third-order valence-electron chi connectivity index (χ3n) is 4.62. The lowest BCUT2D eigenvalue weighted by molar-refractivity contribution is -0.0702. The van der Waals surface area contributed by atoms with Crippen LogP contribution in [0.5, 0.6) is 0 Å². The Balaban J connectivity index is 1.86. The second-order valence-electron chi connectivity index (χ2n) is 5.84. The highest BCUT2D eigenvalue weighted by Gasteiger charge is 2.40. The van der Waals surface area contributed by atoms with Gasteiger partial charge >= 0.3 is 0 Å².